The summed E-state index contributed by atoms with van der Waals surface area (Å²) in [6.45, 7) is 3.98. The number of carbonyl (C=O) groups excluding carboxylic acids is 1. The van der Waals surface area contributed by atoms with Crippen LogP contribution in [0.5, 0.6) is 5.75 Å². The van der Waals surface area contributed by atoms with Crippen LogP contribution in [-0.4, -0.2) is 36.2 Å². The van der Waals surface area contributed by atoms with Gasteiger partial charge in [0.25, 0.3) is 6.47 Å². The number of phenolic OH excluding ortho intramolecular Hbond substituents is 1. The number of nitrogens with zero attached hydrogens (tertiary/aromatic N) is 1. The molecule has 98 valence electrons. The van der Waals surface area contributed by atoms with Gasteiger partial charge in [0.2, 0.25) is 0 Å². The van der Waals surface area contributed by atoms with Crippen LogP contribution < -0.4 is 0 Å². The highest BCUT2D eigenvalue weighted by Gasteiger charge is 2.19. The van der Waals surface area contributed by atoms with Crippen molar-refractivity contribution in [1.29, 1.82) is 0 Å². The molecule has 0 aliphatic carbocycles. The predicted octanol–water partition coefficient (Wildman–Crippen LogP) is 1.78. The summed E-state index contributed by atoms with van der Waals surface area (Å²) in [6, 6.07) is 7.39. The van der Waals surface area contributed by atoms with Crippen LogP contribution >= 0.6 is 0 Å². The van der Waals surface area contributed by atoms with E-state index in [1.165, 1.54) is 0 Å². The van der Waals surface area contributed by atoms with Gasteiger partial charge in [-0.2, -0.15) is 0 Å². The van der Waals surface area contributed by atoms with Crippen molar-refractivity contribution in [1.82, 2.24) is 4.90 Å². The summed E-state index contributed by atoms with van der Waals surface area (Å²) < 4.78 is 4.81. The number of benzene rings is 1. The molecule has 4 heteroatoms. The molecule has 1 N–H and O–H groups in total. The van der Waals surface area contributed by atoms with Crippen LogP contribution in [-0.2, 0) is 16.1 Å². The maximum absolute atomic E-state index is 10.1. The zero-order valence-corrected chi connectivity index (χ0v) is 10.4. The third-order valence-corrected chi connectivity index (χ3v) is 3.42. The van der Waals surface area contributed by atoms with Gasteiger partial charge in [0, 0.05) is 6.54 Å². The number of rotatable bonds is 5. The molecule has 1 aromatic carbocycles. The average Bonchev–Trinajstić information content (AvgIpc) is 2.38. The fourth-order valence-corrected chi connectivity index (χ4v) is 2.40. The van der Waals surface area contributed by atoms with Gasteiger partial charge in [0.1, 0.15) is 5.75 Å². The molecule has 18 heavy (non-hydrogen) atoms. The Morgan fingerprint density at radius 3 is 2.83 bits per heavy atom. The molecule has 0 saturated carbocycles. The standard InChI is InChI=1S/C14H19NO3/c16-11-18-10-12-4-6-15(7-5-12)9-13-2-1-3-14(17)8-13/h1-3,8,11-12,17H,4-7,9-10H2. The first-order chi connectivity index (χ1) is 8.78. The molecule has 0 bridgehead atoms. The Kier molecular flexibility index (Phi) is 4.59. The normalized spacial score (nSPS) is 17.6. The number of hydrogen-bond donors (Lipinski definition) is 1. The van der Waals surface area contributed by atoms with Crippen LogP contribution in [0, 0.1) is 5.92 Å². The summed E-state index contributed by atoms with van der Waals surface area (Å²) >= 11 is 0. The first-order valence-corrected chi connectivity index (χ1v) is 6.33. The van der Waals surface area contributed by atoms with Crippen molar-refractivity contribution in [3.63, 3.8) is 0 Å². The van der Waals surface area contributed by atoms with Crippen molar-refractivity contribution in [3.8, 4) is 5.75 Å². The third kappa shape index (κ3) is 3.74. The van der Waals surface area contributed by atoms with Crippen LogP contribution in [0.2, 0.25) is 0 Å². The van der Waals surface area contributed by atoms with E-state index in [9.17, 15) is 9.90 Å². The van der Waals surface area contributed by atoms with Gasteiger partial charge in [0.15, 0.2) is 0 Å². The minimum absolute atomic E-state index is 0.321. The average molecular weight is 249 g/mol. The summed E-state index contributed by atoms with van der Waals surface area (Å²) in [5, 5.41) is 9.41. The lowest BCUT2D eigenvalue weighted by Crippen LogP contribution is -2.34. The van der Waals surface area contributed by atoms with E-state index >= 15 is 0 Å². The smallest absolute Gasteiger partial charge is 0.293 e. The molecule has 1 saturated heterocycles. The Morgan fingerprint density at radius 1 is 1.39 bits per heavy atom. The van der Waals surface area contributed by atoms with Gasteiger partial charge in [0.05, 0.1) is 6.61 Å². The highest BCUT2D eigenvalue weighted by Crippen LogP contribution is 2.20. The minimum Gasteiger partial charge on any atom is -0.508 e. The second-order valence-electron chi connectivity index (χ2n) is 4.82. The fraction of sp³-hybridized carbons (Fsp3) is 0.500. The number of carbonyl (C=O) groups is 1. The number of piperidine rings is 1. The summed E-state index contributed by atoms with van der Waals surface area (Å²) in [5.41, 5.74) is 1.14. The van der Waals surface area contributed by atoms with E-state index < -0.39 is 0 Å². The first kappa shape index (κ1) is 12.9. The molecule has 0 unspecified atom stereocenters. The van der Waals surface area contributed by atoms with Crippen molar-refractivity contribution >= 4 is 6.47 Å². The Bertz CT molecular complexity index is 386. The molecular formula is C14H19NO3. The quantitative estimate of drug-likeness (QED) is 0.808. The second kappa shape index (κ2) is 6.40. The molecule has 0 atom stereocenters. The molecule has 4 nitrogen and oxygen atoms in total. The largest absolute Gasteiger partial charge is 0.508 e. The van der Waals surface area contributed by atoms with Crippen molar-refractivity contribution < 1.29 is 14.6 Å². The van der Waals surface area contributed by atoms with Gasteiger partial charge in [-0.1, -0.05) is 12.1 Å². The van der Waals surface area contributed by atoms with E-state index in [-0.39, 0.29) is 0 Å². The van der Waals surface area contributed by atoms with E-state index in [0.29, 0.717) is 24.7 Å². The lowest BCUT2D eigenvalue weighted by Gasteiger charge is -2.31. The monoisotopic (exact) mass is 249 g/mol. The molecule has 1 aliphatic heterocycles. The van der Waals surface area contributed by atoms with Gasteiger partial charge in [-0.15, -0.1) is 0 Å². The van der Waals surface area contributed by atoms with E-state index in [4.69, 9.17) is 4.74 Å². The fourth-order valence-electron chi connectivity index (χ4n) is 2.40. The molecule has 0 radical (unpaired) electrons. The van der Waals surface area contributed by atoms with Gasteiger partial charge < -0.3 is 9.84 Å². The van der Waals surface area contributed by atoms with Crippen molar-refractivity contribution in [2.45, 2.75) is 19.4 Å². The minimum atomic E-state index is 0.321. The van der Waals surface area contributed by atoms with E-state index in [1.54, 1.807) is 6.07 Å². The SMILES string of the molecule is O=COCC1CCN(Cc2cccc(O)c2)CC1. The van der Waals surface area contributed by atoms with Crippen molar-refractivity contribution in [2.24, 2.45) is 5.92 Å². The summed E-state index contributed by atoms with van der Waals surface area (Å²) in [6.07, 6.45) is 2.12. The molecule has 1 fully saturated rings. The van der Waals surface area contributed by atoms with Gasteiger partial charge in [-0.05, 0) is 49.5 Å². The van der Waals surface area contributed by atoms with E-state index in [1.807, 2.05) is 18.2 Å². The lowest BCUT2D eigenvalue weighted by molar-refractivity contribution is -0.130. The molecule has 1 aromatic rings. The number of hydrogen-bond acceptors (Lipinski definition) is 4. The number of ether oxygens (including phenoxy) is 1. The maximum Gasteiger partial charge on any atom is 0.293 e. The Hall–Kier alpha value is -1.55. The van der Waals surface area contributed by atoms with E-state index in [2.05, 4.69) is 4.90 Å². The predicted molar refractivity (Wildman–Crippen MR) is 68.1 cm³/mol. The number of likely N-dealkylation sites (tertiary alicyclic amines) is 1. The van der Waals surface area contributed by atoms with Crippen molar-refractivity contribution in [3.05, 3.63) is 29.8 Å². The second-order valence-corrected chi connectivity index (χ2v) is 4.82. The molecule has 1 heterocycles. The maximum atomic E-state index is 10.1. The molecular weight excluding hydrogens is 230 g/mol. The third-order valence-electron chi connectivity index (χ3n) is 3.42. The first-order valence-electron chi connectivity index (χ1n) is 6.33. The summed E-state index contributed by atoms with van der Waals surface area (Å²) in [7, 11) is 0. The summed E-state index contributed by atoms with van der Waals surface area (Å²) in [5.74, 6) is 0.817. The Morgan fingerprint density at radius 2 is 2.17 bits per heavy atom. The van der Waals surface area contributed by atoms with E-state index in [0.717, 1.165) is 38.0 Å². The van der Waals surface area contributed by atoms with Crippen LogP contribution in [0.15, 0.2) is 24.3 Å². The molecule has 0 aromatic heterocycles. The highest BCUT2D eigenvalue weighted by molar-refractivity contribution is 5.36. The summed E-state index contributed by atoms with van der Waals surface area (Å²) in [4.78, 5) is 12.5. The van der Waals surface area contributed by atoms with Crippen LogP contribution in [0.4, 0.5) is 0 Å². The Labute approximate surface area is 107 Å². The lowest BCUT2D eigenvalue weighted by atomic mass is 9.97. The molecule has 2 rings (SSSR count). The Balaban J connectivity index is 1.78. The number of aromatic hydroxyl groups is 1. The highest BCUT2D eigenvalue weighted by atomic mass is 16.5. The topological polar surface area (TPSA) is 49.8 Å². The van der Waals surface area contributed by atoms with Crippen LogP contribution in [0.25, 0.3) is 0 Å². The molecule has 0 amide bonds. The molecule has 0 spiro atoms. The molecule has 1 aliphatic rings. The van der Waals surface area contributed by atoms with Crippen LogP contribution in [0.1, 0.15) is 18.4 Å². The van der Waals surface area contributed by atoms with Gasteiger partial charge >= 0.3 is 0 Å². The van der Waals surface area contributed by atoms with Gasteiger partial charge in [-0.25, -0.2) is 0 Å². The van der Waals surface area contributed by atoms with Gasteiger partial charge in [-0.3, -0.25) is 9.69 Å². The van der Waals surface area contributed by atoms with Crippen LogP contribution in [0.3, 0.4) is 0 Å². The zero-order chi connectivity index (χ0) is 12.8. The number of phenols is 1. The van der Waals surface area contributed by atoms with Crippen molar-refractivity contribution in [2.75, 3.05) is 19.7 Å². The zero-order valence-electron chi connectivity index (χ0n) is 10.4.